The fourth-order valence-electron chi connectivity index (χ4n) is 6.09. The number of aliphatic hydroxyl groups excluding tert-OH is 1. The Hall–Kier alpha value is -2.10. The maximum atomic E-state index is 13.6. The Morgan fingerprint density at radius 3 is 2.40 bits per heavy atom. The molecule has 0 spiro atoms. The van der Waals surface area contributed by atoms with Crippen molar-refractivity contribution >= 4 is 23.0 Å². The minimum Gasteiger partial charge on any atom is -0.511 e. The highest BCUT2D eigenvalue weighted by Gasteiger charge is 2.69. The molecule has 2 saturated heterocycles. The molecule has 0 saturated carbocycles. The van der Waals surface area contributed by atoms with Crippen molar-refractivity contribution in [2.45, 2.75) is 58.2 Å². The number of halogens is 1. The van der Waals surface area contributed by atoms with E-state index in [1.807, 2.05) is 39.0 Å². The van der Waals surface area contributed by atoms with Crippen LogP contribution in [0.1, 0.15) is 50.3 Å². The Bertz CT molecular complexity index is 1120. The summed E-state index contributed by atoms with van der Waals surface area (Å²) in [7, 11) is 0. The molecule has 2 fully saturated rings. The molecule has 0 amide bonds. The number of aliphatic hydroxyl groups is 1. The van der Waals surface area contributed by atoms with E-state index in [1.165, 1.54) is 0 Å². The SMILES string of the molecule is CCc1ccc(-c2ccc(Cl)cc2C)cc1C1=C(O)[C@H]2[C@@H](C1=O)[C@]1(C)CC[C@@]2(C)O1. The molecule has 0 aromatic heterocycles. The summed E-state index contributed by atoms with van der Waals surface area (Å²) < 4.78 is 6.29. The fraction of sp³-hybridized carbons (Fsp3) is 0.423. The molecule has 0 radical (unpaired) electrons. The van der Waals surface area contributed by atoms with E-state index in [2.05, 4.69) is 25.1 Å². The zero-order chi connectivity index (χ0) is 21.4. The van der Waals surface area contributed by atoms with E-state index in [0.29, 0.717) is 10.6 Å². The number of Topliss-reactive ketones (excluding diaryl/α,β-unsaturated/α-hetero) is 1. The van der Waals surface area contributed by atoms with Gasteiger partial charge in [0.25, 0.3) is 0 Å². The van der Waals surface area contributed by atoms with Gasteiger partial charge in [-0.05, 0) is 86.1 Å². The van der Waals surface area contributed by atoms with E-state index >= 15 is 0 Å². The lowest BCUT2D eigenvalue weighted by atomic mass is 9.68. The normalized spacial score (nSPS) is 32.2. The van der Waals surface area contributed by atoms with Gasteiger partial charge in [0.15, 0.2) is 5.78 Å². The van der Waals surface area contributed by atoms with Crippen LogP contribution in [0, 0.1) is 18.8 Å². The van der Waals surface area contributed by atoms with Crippen molar-refractivity contribution < 1.29 is 14.6 Å². The van der Waals surface area contributed by atoms with Crippen LogP contribution in [0.2, 0.25) is 5.02 Å². The summed E-state index contributed by atoms with van der Waals surface area (Å²) in [6.45, 7) is 8.20. The first-order chi connectivity index (χ1) is 14.2. The molecule has 4 atom stereocenters. The highest BCUT2D eigenvalue weighted by atomic mass is 35.5. The number of hydrogen-bond donors (Lipinski definition) is 1. The number of aryl methyl sites for hydroxylation is 2. The number of fused-ring (bicyclic) bond motifs is 5. The zero-order valence-corrected chi connectivity index (χ0v) is 18.6. The molecule has 2 bridgehead atoms. The summed E-state index contributed by atoms with van der Waals surface area (Å²) in [6, 6.07) is 12.1. The summed E-state index contributed by atoms with van der Waals surface area (Å²) in [6.07, 6.45) is 2.53. The van der Waals surface area contributed by atoms with Crippen LogP contribution in [0.4, 0.5) is 0 Å². The molecule has 2 aliphatic heterocycles. The second-order valence-electron chi connectivity index (χ2n) is 9.49. The minimum absolute atomic E-state index is 0.0307. The van der Waals surface area contributed by atoms with Crippen LogP contribution < -0.4 is 0 Å². The van der Waals surface area contributed by atoms with Gasteiger partial charge in [0.05, 0.1) is 28.6 Å². The average molecular weight is 423 g/mol. The molecule has 156 valence electrons. The molecule has 2 aromatic rings. The van der Waals surface area contributed by atoms with E-state index in [9.17, 15) is 9.90 Å². The Morgan fingerprint density at radius 1 is 1.07 bits per heavy atom. The third-order valence-corrected chi connectivity index (χ3v) is 7.81. The second kappa shape index (κ2) is 6.45. The monoisotopic (exact) mass is 422 g/mol. The van der Waals surface area contributed by atoms with Crippen molar-refractivity contribution in [2.75, 3.05) is 0 Å². The van der Waals surface area contributed by atoms with Gasteiger partial charge in [-0.3, -0.25) is 4.79 Å². The maximum absolute atomic E-state index is 13.6. The number of carbonyl (C=O) groups excluding carboxylic acids is 1. The van der Waals surface area contributed by atoms with Crippen LogP contribution in [-0.4, -0.2) is 22.1 Å². The summed E-state index contributed by atoms with van der Waals surface area (Å²) in [5, 5.41) is 12.0. The summed E-state index contributed by atoms with van der Waals surface area (Å²) in [5.74, 6) is -0.292. The molecule has 3 nitrogen and oxygen atoms in total. The van der Waals surface area contributed by atoms with E-state index in [1.54, 1.807) is 0 Å². The van der Waals surface area contributed by atoms with Crippen LogP contribution in [0.3, 0.4) is 0 Å². The Labute approximate surface area is 182 Å². The number of carbonyl (C=O) groups is 1. The molecule has 1 N–H and O–H groups in total. The highest BCUT2D eigenvalue weighted by molar-refractivity contribution is 6.30. The van der Waals surface area contributed by atoms with Crippen molar-refractivity contribution in [1.82, 2.24) is 0 Å². The third-order valence-electron chi connectivity index (χ3n) is 7.57. The van der Waals surface area contributed by atoms with Crippen molar-refractivity contribution in [3.8, 4) is 11.1 Å². The molecule has 1 aliphatic carbocycles. The standard InChI is InChI=1S/C26H27ClO3/c1-5-15-6-7-16(18-9-8-17(27)12-14(18)2)13-19(15)20-23(28)21-22(24(20)29)26(4)11-10-25(21,3)30-26/h6-9,12-13,21-22,28H,5,10-11H2,1-4H3/t21-,22+,25-,26+/m1/s1. The molecule has 3 aliphatic rings. The molecular formula is C26H27ClO3. The molecule has 30 heavy (non-hydrogen) atoms. The molecule has 0 unspecified atom stereocenters. The van der Waals surface area contributed by atoms with E-state index < -0.39 is 11.2 Å². The molecule has 2 aromatic carbocycles. The quantitative estimate of drug-likeness (QED) is 0.630. The zero-order valence-electron chi connectivity index (χ0n) is 17.9. The van der Waals surface area contributed by atoms with Gasteiger partial charge in [0.2, 0.25) is 0 Å². The number of allylic oxidation sites excluding steroid dienone is 1. The van der Waals surface area contributed by atoms with Gasteiger partial charge in [0, 0.05) is 5.02 Å². The van der Waals surface area contributed by atoms with Gasteiger partial charge in [0.1, 0.15) is 5.76 Å². The summed E-state index contributed by atoms with van der Waals surface area (Å²) in [5.41, 5.74) is 4.67. The Kier molecular flexibility index (Phi) is 4.26. The minimum atomic E-state index is -0.483. The van der Waals surface area contributed by atoms with Gasteiger partial charge in [-0.25, -0.2) is 0 Å². The number of benzene rings is 2. The number of ether oxygens (including phenoxy) is 1. The van der Waals surface area contributed by atoms with Gasteiger partial charge in [-0.15, -0.1) is 0 Å². The van der Waals surface area contributed by atoms with Crippen LogP contribution >= 0.6 is 11.6 Å². The lowest BCUT2D eigenvalue weighted by molar-refractivity contribution is -0.121. The first kappa shape index (κ1) is 19.8. The number of rotatable bonds is 3. The van der Waals surface area contributed by atoms with Gasteiger partial charge >= 0.3 is 0 Å². The maximum Gasteiger partial charge on any atom is 0.173 e. The second-order valence-corrected chi connectivity index (χ2v) is 9.93. The predicted molar refractivity (Wildman–Crippen MR) is 120 cm³/mol. The van der Waals surface area contributed by atoms with Crippen LogP contribution in [-0.2, 0) is 16.0 Å². The smallest absolute Gasteiger partial charge is 0.173 e. The van der Waals surface area contributed by atoms with Crippen molar-refractivity contribution in [2.24, 2.45) is 11.8 Å². The van der Waals surface area contributed by atoms with Crippen LogP contribution in [0.15, 0.2) is 42.2 Å². The summed E-state index contributed by atoms with van der Waals surface area (Å²) >= 11 is 6.14. The van der Waals surface area contributed by atoms with Crippen molar-refractivity contribution in [1.29, 1.82) is 0 Å². The van der Waals surface area contributed by atoms with Crippen LogP contribution in [0.25, 0.3) is 16.7 Å². The van der Waals surface area contributed by atoms with E-state index in [0.717, 1.165) is 47.1 Å². The van der Waals surface area contributed by atoms with Crippen molar-refractivity contribution in [3.05, 3.63) is 63.9 Å². The van der Waals surface area contributed by atoms with Gasteiger partial charge in [-0.1, -0.05) is 36.7 Å². The highest BCUT2D eigenvalue weighted by Crippen LogP contribution is 2.63. The first-order valence-electron chi connectivity index (χ1n) is 10.8. The van der Waals surface area contributed by atoms with Gasteiger partial charge < -0.3 is 9.84 Å². The third kappa shape index (κ3) is 2.58. The molecule has 4 heteroatoms. The van der Waals surface area contributed by atoms with Crippen molar-refractivity contribution in [3.63, 3.8) is 0 Å². The lowest BCUT2D eigenvalue weighted by Gasteiger charge is -2.30. The van der Waals surface area contributed by atoms with E-state index in [-0.39, 0.29) is 23.4 Å². The largest absolute Gasteiger partial charge is 0.511 e. The lowest BCUT2D eigenvalue weighted by Crippen LogP contribution is -2.39. The topological polar surface area (TPSA) is 46.5 Å². The van der Waals surface area contributed by atoms with E-state index in [4.69, 9.17) is 16.3 Å². The Morgan fingerprint density at radius 2 is 1.77 bits per heavy atom. The fourth-order valence-corrected chi connectivity index (χ4v) is 6.32. The first-order valence-corrected chi connectivity index (χ1v) is 11.1. The number of hydrogen-bond acceptors (Lipinski definition) is 3. The Balaban J connectivity index is 1.67. The molecular weight excluding hydrogens is 396 g/mol. The average Bonchev–Trinajstić information content (AvgIpc) is 3.25. The summed E-state index contributed by atoms with van der Waals surface area (Å²) in [4.78, 5) is 13.6. The number of ketones is 1. The predicted octanol–water partition coefficient (Wildman–Crippen LogP) is 6.30. The van der Waals surface area contributed by atoms with Gasteiger partial charge in [-0.2, -0.15) is 0 Å². The molecule has 5 rings (SSSR count). The molecule has 2 heterocycles. The van der Waals surface area contributed by atoms with Crippen LogP contribution in [0.5, 0.6) is 0 Å².